The van der Waals surface area contributed by atoms with Gasteiger partial charge in [-0.2, -0.15) is 0 Å². The first-order valence-corrected chi connectivity index (χ1v) is 9.44. The normalized spacial score (nSPS) is 24.2. The van der Waals surface area contributed by atoms with Gasteiger partial charge in [-0.3, -0.25) is 4.79 Å². The molecule has 2 aromatic heterocycles. The fourth-order valence-electron chi connectivity index (χ4n) is 4.47. The number of carbonyl (C=O) groups is 1. The second-order valence-corrected chi connectivity index (χ2v) is 7.47. The molecule has 0 radical (unpaired) electrons. The molecule has 4 heteroatoms. The molecule has 24 heavy (non-hydrogen) atoms. The molecule has 4 rings (SSSR count). The first kappa shape index (κ1) is 15.7. The number of piperidine rings is 1. The molecule has 1 fully saturated rings. The Morgan fingerprint density at radius 1 is 1.29 bits per heavy atom. The van der Waals surface area contributed by atoms with Gasteiger partial charge in [-0.05, 0) is 57.1 Å². The summed E-state index contributed by atoms with van der Waals surface area (Å²) in [5.41, 5.74) is 4.69. The lowest BCUT2D eigenvalue weighted by molar-refractivity contribution is -0.139. The van der Waals surface area contributed by atoms with E-state index < -0.39 is 0 Å². The third kappa shape index (κ3) is 2.62. The summed E-state index contributed by atoms with van der Waals surface area (Å²) in [5, 5.41) is 0. The summed E-state index contributed by atoms with van der Waals surface area (Å²) in [6.45, 7) is 5.27. The standard InChI is InChI=1S/C20H27N3O/c1-3-16-6-4-5-11-22(16)20(24)15-8-9-17-18(12-15)23-13-14(2)7-10-19(23)21-17/h7,10,13,15-16H,3-6,8-9,11-12H2,1-2H3. The molecule has 1 aliphatic carbocycles. The predicted octanol–water partition coefficient (Wildman–Crippen LogP) is 3.54. The molecule has 0 bridgehead atoms. The van der Waals surface area contributed by atoms with Crippen LogP contribution < -0.4 is 0 Å². The smallest absolute Gasteiger partial charge is 0.226 e. The molecule has 4 nitrogen and oxygen atoms in total. The molecule has 2 aromatic rings. The van der Waals surface area contributed by atoms with Crippen molar-refractivity contribution >= 4 is 11.6 Å². The molecule has 0 saturated carbocycles. The number of carbonyl (C=O) groups excluding carboxylic acids is 1. The number of hydrogen-bond acceptors (Lipinski definition) is 2. The highest BCUT2D eigenvalue weighted by Crippen LogP contribution is 2.30. The van der Waals surface area contributed by atoms with Crippen LogP contribution in [0.1, 0.15) is 56.0 Å². The van der Waals surface area contributed by atoms with Gasteiger partial charge < -0.3 is 9.30 Å². The summed E-state index contributed by atoms with van der Waals surface area (Å²) in [6, 6.07) is 4.65. The Kier molecular flexibility index (Phi) is 4.07. The lowest BCUT2D eigenvalue weighted by Crippen LogP contribution is -2.47. The van der Waals surface area contributed by atoms with Crippen LogP contribution in [0.2, 0.25) is 0 Å². The second kappa shape index (κ2) is 6.23. The van der Waals surface area contributed by atoms with Crippen LogP contribution in [0.5, 0.6) is 0 Å². The molecular formula is C20H27N3O. The molecule has 1 saturated heterocycles. The molecule has 128 valence electrons. The van der Waals surface area contributed by atoms with E-state index in [4.69, 9.17) is 4.98 Å². The van der Waals surface area contributed by atoms with Gasteiger partial charge >= 0.3 is 0 Å². The highest BCUT2D eigenvalue weighted by molar-refractivity contribution is 5.80. The van der Waals surface area contributed by atoms with Crippen molar-refractivity contribution in [2.24, 2.45) is 5.92 Å². The molecule has 3 heterocycles. The van der Waals surface area contributed by atoms with Gasteiger partial charge in [0.15, 0.2) is 0 Å². The fraction of sp³-hybridized carbons (Fsp3) is 0.600. The van der Waals surface area contributed by atoms with Crippen LogP contribution in [0.4, 0.5) is 0 Å². The van der Waals surface area contributed by atoms with Gasteiger partial charge in [-0.1, -0.05) is 13.0 Å². The number of fused-ring (bicyclic) bond motifs is 3. The van der Waals surface area contributed by atoms with Gasteiger partial charge in [-0.15, -0.1) is 0 Å². The molecule has 2 atom stereocenters. The summed E-state index contributed by atoms with van der Waals surface area (Å²) in [4.78, 5) is 20.1. The van der Waals surface area contributed by atoms with E-state index in [9.17, 15) is 4.79 Å². The van der Waals surface area contributed by atoms with Crippen LogP contribution >= 0.6 is 0 Å². The Morgan fingerprint density at radius 3 is 3.00 bits per heavy atom. The van der Waals surface area contributed by atoms with Gasteiger partial charge in [0.05, 0.1) is 5.69 Å². The van der Waals surface area contributed by atoms with Gasteiger partial charge in [0.1, 0.15) is 5.65 Å². The van der Waals surface area contributed by atoms with E-state index in [1.807, 2.05) is 0 Å². The van der Waals surface area contributed by atoms with Crippen LogP contribution in [0.3, 0.4) is 0 Å². The Hall–Kier alpha value is -1.84. The third-order valence-electron chi connectivity index (χ3n) is 5.85. The molecule has 0 N–H and O–H groups in total. The largest absolute Gasteiger partial charge is 0.339 e. The number of likely N-dealkylation sites (tertiary alicyclic amines) is 1. The average Bonchev–Trinajstić information content (AvgIpc) is 2.98. The van der Waals surface area contributed by atoms with E-state index in [1.165, 1.54) is 29.8 Å². The van der Waals surface area contributed by atoms with Crippen LogP contribution in [0.15, 0.2) is 18.3 Å². The zero-order chi connectivity index (χ0) is 16.7. The maximum atomic E-state index is 13.2. The van der Waals surface area contributed by atoms with E-state index >= 15 is 0 Å². The Balaban J connectivity index is 1.60. The minimum atomic E-state index is 0.130. The third-order valence-corrected chi connectivity index (χ3v) is 5.85. The van der Waals surface area contributed by atoms with Crippen molar-refractivity contribution in [3.8, 4) is 0 Å². The minimum absolute atomic E-state index is 0.130. The quantitative estimate of drug-likeness (QED) is 0.847. The second-order valence-electron chi connectivity index (χ2n) is 7.47. The van der Waals surface area contributed by atoms with Gasteiger partial charge in [0.25, 0.3) is 0 Å². The number of aromatic nitrogens is 2. The number of nitrogens with zero attached hydrogens (tertiary/aromatic N) is 3. The number of pyridine rings is 1. The number of aryl methyl sites for hydroxylation is 2. The maximum absolute atomic E-state index is 13.2. The summed E-state index contributed by atoms with van der Waals surface area (Å²) < 4.78 is 2.21. The van der Waals surface area contributed by atoms with E-state index in [2.05, 4.69) is 41.5 Å². The number of hydrogen-bond donors (Lipinski definition) is 0. The zero-order valence-electron chi connectivity index (χ0n) is 14.8. The number of imidazole rings is 1. The van der Waals surface area contributed by atoms with Crippen LogP contribution in [-0.4, -0.2) is 32.8 Å². The lowest BCUT2D eigenvalue weighted by Gasteiger charge is -2.38. The molecule has 1 aliphatic heterocycles. The highest BCUT2D eigenvalue weighted by atomic mass is 16.2. The monoisotopic (exact) mass is 325 g/mol. The van der Waals surface area contributed by atoms with E-state index in [1.54, 1.807) is 0 Å². The summed E-state index contributed by atoms with van der Waals surface area (Å²) in [5.74, 6) is 0.514. The van der Waals surface area contributed by atoms with E-state index in [0.717, 1.165) is 44.3 Å². The van der Waals surface area contributed by atoms with Crippen molar-refractivity contribution in [3.63, 3.8) is 0 Å². The summed E-state index contributed by atoms with van der Waals surface area (Å²) in [6.07, 6.45) is 9.56. The van der Waals surface area contributed by atoms with Crippen LogP contribution in [-0.2, 0) is 17.6 Å². The van der Waals surface area contributed by atoms with Crippen molar-refractivity contribution < 1.29 is 4.79 Å². The lowest BCUT2D eigenvalue weighted by atomic mass is 9.87. The molecule has 2 aliphatic rings. The summed E-state index contributed by atoms with van der Waals surface area (Å²) in [7, 11) is 0. The van der Waals surface area contributed by atoms with Crippen molar-refractivity contribution in [3.05, 3.63) is 35.3 Å². The predicted molar refractivity (Wildman–Crippen MR) is 95.1 cm³/mol. The van der Waals surface area contributed by atoms with Crippen molar-refractivity contribution in [1.29, 1.82) is 0 Å². The molecule has 2 unspecified atom stereocenters. The highest BCUT2D eigenvalue weighted by Gasteiger charge is 2.34. The molecular weight excluding hydrogens is 298 g/mol. The number of rotatable bonds is 2. The zero-order valence-corrected chi connectivity index (χ0v) is 14.8. The maximum Gasteiger partial charge on any atom is 0.226 e. The van der Waals surface area contributed by atoms with Gasteiger partial charge in [0, 0.05) is 36.8 Å². The van der Waals surface area contributed by atoms with E-state index in [-0.39, 0.29) is 5.92 Å². The van der Waals surface area contributed by atoms with Crippen molar-refractivity contribution in [2.45, 2.75) is 64.8 Å². The molecule has 0 aromatic carbocycles. The first-order valence-electron chi connectivity index (χ1n) is 9.44. The van der Waals surface area contributed by atoms with Gasteiger partial charge in [0.2, 0.25) is 5.91 Å². The van der Waals surface area contributed by atoms with E-state index in [0.29, 0.717) is 11.9 Å². The number of amides is 1. The van der Waals surface area contributed by atoms with Crippen LogP contribution in [0, 0.1) is 12.8 Å². The van der Waals surface area contributed by atoms with Gasteiger partial charge in [-0.25, -0.2) is 4.98 Å². The summed E-state index contributed by atoms with van der Waals surface area (Å²) >= 11 is 0. The topological polar surface area (TPSA) is 37.6 Å². The minimum Gasteiger partial charge on any atom is -0.339 e. The molecule has 1 amide bonds. The SMILES string of the molecule is CCC1CCCCN1C(=O)C1CCc2nc3ccc(C)cn3c2C1. The van der Waals surface area contributed by atoms with Crippen molar-refractivity contribution in [1.82, 2.24) is 14.3 Å². The first-order chi connectivity index (χ1) is 11.7. The van der Waals surface area contributed by atoms with Crippen LogP contribution in [0.25, 0.3) is 5.65 Å². The Labute approximate surface area is 143 Å². The fourth-order valence-corrected chi connectivity index (χ4v) is 4.47. The average molecular weight is 325 g/mol. The van der Waals surface area contributed by atoms with Crippen molar-refractivity contribution in [2.75, 3.05) is 6.54 Å². The Morgan fingerprint density at radius 2 is 2.17 bits per heavy atom. The Bertz CT molecular complexity index is 764. The molecule has 0 spiro atoms.